The molecule has 1 atom stereocenters. The van der Waals surface area contributed by atoms with Crippen LogP contribution in [0.4, 0.5) is 0 Å². The molecule has 2 N–H and O–H groups in total. The molecule has 0 aliphatic carbocycles. The van der Waals surface area contributed by atoms with Crippen LogP contribution in [0.3, 0.4) is 0 Å². The van der Waals surface area contributed by atoms with Crippen LogP contribution in [-0.4, -0.2) is 86.3 Å². The van der Waals surface area contributed by atoms with Crippen LogP contribution in [0, 0.1) is 0 Å². The molecule has 0 aromatic carbocycles. The summed E-state index contributed by atoms with van der Waals surface area (Å²) in [6.45, 7) is 2.51. The van der Waals surface area contributed by atoms with Crippen molar-refractivity contribution in [3.05, 3.63) is 0 Å². The van der Waals surface area contributed by atoms with Gasteiger partial charge in [-0.3, -0.25) is 14.5 Å². The van der Waals surface area contributed by atoms with Gasteiger partial charge in [0.2, 0.25) is 5.91 Å². The lowest BCUT2D eigenvalue weighted by Gasteiger charge is -2.22. The first-order chi connectivity index (χ1) is 9.47. The van der Waals surface area contributed by atoms with E-state index >= 15 is 0 Å². The highest BCUT2D eigenvalue weighted by Crippen LogP contribution is 2.10. The van der Waals surface area contributed by atoms with Crippen molar-refractivity contribution < 1.29 is 19.4 Å². The van der Waals surface area contributed by atoms with E-state index in [4.69, 9.17) is 9.84 Å². The maximum atomic E-state index is 11.8. The molecule has 0 aromatic heterocycles. The highest BCUT2D eigenvalue weighted by atomic mass is 16.5. The maximum Gasteiger partial charge on any atom is 0.317 e. The summed E-state index contributed by atoms with van der Waals surface area (Å²) in [6, 6.07) is 0. The number of rotatable bonds is 9. The molecule has 1 fully saturated rings. The average Bonchev–Trinajstić information content (AvgIpc) is 2.86. The third kappa shape index (κ3) is 7.42. The Hall–Kier alpha value is -1.18. The quantitative estimate of drug-likeness (QED) is 0.579. The Balaban J connectivity index is 2.29. The van der Waals surface area contributed by atoms with E-state index in [9.17, 15) is 9.59 Å². The van der Waals surface area contributed by atoms with E-state index in [1.807, 2.05) is 19.0 Å². The topological polar surface area (TPSA) is 82.1 Å². The Kier molecular flexibility index (Phi) is 7.50. The second-order valence-electron chi connectivity index (χ2n) is 5.35. The molecule has 20 heavy (non-hydrogen) atoms. The smallest absolute Gasteiger partial charge is 0.317 e. The maximum absolute atomic E-state index is 11.8. The van der Waals surface area contributed by atoms with Crippen LogP contribution in [0.25, 0.3) is 0 Å². The number of carbonyl (C=O) groups excluding carboxylic acids is 1. The molecule has 1 aliphatic heterocycles. The van der Waals surface area contributed by atoms with Crippen molar-refractivity contribution >= 4 is 11.9 Å². The fourth-order valence-electron chi connectivity index (χ4n) is 2.04. The van der Waals surface area contributed by atoms with Gasteiger partial charge < -0.3 is 20.1 Å². The van der Waals surface area contributed by atoms with Crippen molar-refractivity contribution in [1.82, 2.24) is 15.1 Å². The molecule has 1 saturated heterocycles. The summed E-state index contributed by atoms with van der Waals surface area (Å²) in [5.74, 6) is -1.07. The third-order valence-corrected chi connectivity index (χ3v) is 3.14. The fourth-order valence-corrected chi connectivity index (χ4v) is 2.04. The van der Waals surface area contributed by atoms with Gasteiger partial charge in [-0.15, -0.1) is 0 Å². The van der Waals surface area contributed by atoms with Gasteiger partial charge in [-0.25, -0.2) is 0 Å². The summed E-state index contributed by atoms with van der Waals surface area (Å²) in [5, 5.41) is 11.7. The van der Waals surface area contributed by atoms with Gasteiger partial charge in [-0.05, 0) is 26.9 Å². The minimum Gasteiger partial charge on any atom is -0.480 e. The molecule has 0 spiro atoms. The second kappa shape index (κ2) is 8.89. The van der Waals surface area contributed by atoms with Gasteiger partial charge in [0.05, 0.1) is 19.2 Å². The van der Waals surface area contributed by atoms with Crippen LogP contribution in [0.15, 0.2) is 0 Å². The number of nitrogens with one attached hydrogen (secondary N) is 1. The first-order valence-corrected chi connectivity index (χ1v) is 6.94. The Morgan fingerprint density at radius 2 is 2.05 bits per heavy atom. The summed E-state index contributed by atoms with van der Waals surface area (Å²) in [5.41, 5.74) is 0. The Labute approximate surface area is 119 Å². The SMILES string of the molecule is CN(C)CCN(CC(=O)O)CC(=O)NCC1CCCO1. The van der Waals surface area contributed by atoms with E-state index in [1.165, 1.54) is 0 Å². The van der Waals surface area contributed by atoms with E-state index < -0.39 is 5.97 Å². The standard InChI is InChI=1S/C13H25N3O4/c1-15(2)5-6-16(10-13(18)19)9-12(17)14-8-11-4-3-7-20-11/h11H,3-10H2,1-2H3,(H,14,17)(H,18,19). The van der Waals surface area contributed by atoms with Gasteiger partial charge in [0.1, 0.15) is 0 Å². The predicted octanol–water partition coefficient (Wildman–Crippen LogP) is -0.770. The number of amides is 1. The number of aliphatic carboxylic acids is 1. The molecule has 0 aromatic rings. The summed E-state index contributed by atoms with van der Waals surface area (Å²) in [6.07, 6.45) is 2.11. The molecule has 0 radical (unpaired) electrons. The van der Waals surface area contributed by atoms with Crippen LogP contribution in [0.5, 0.6) is 0 Å². The number of hydrogen-bond donors (Lipinski definition) is 2. The molecule has 116 valence electrons. The van der Waals surface area contributed by atoms with Crippen molar-refractivity contribution in [3.8, 4) is 0 Å². The second-order valence-corrected chi connectivity index (χ2v) is 5.35. The number of carboxylic acid groups (broad SMARTS) is 1. The summed E-state index contributed by atoms with van der Waals surface area (Å²) in [7, 11) is 3.83. The molecule has 0 saturated carbocycles. The van der Waals surface area contributed by atoms with E-state index in [1.54, 1.807) is 4.90 Å². The summed E-state index contributed by atoms with van der Waals surface area (Å²) < 4.78 is 5.42. The lowest BCUT2D eigenvalue weighted by atomic mass is 10.2. The third-order valence-electron chi connectivity index (χ3n) is 3.14. The molecule has 1 rings (SSSR count). The molecular formula is C13H25N3O4. The van der Waals surface area contributed by atoms with Crippen molar-refractivity contribution in [1.29, 1.82) is 0 Å². The lowest BCUT2D eigenvalue weighted by Crippen LogP contribution is -2.44. The Bertz CT molecular complexity index is 317. The first kappa shape index (κ1) is 16.9. The number of ether oxygens (including phenoxy) is 1. The Morgan fingerprint density at radius 1 is 1.30 bits per heavy atom. The minimum atomic E-state index is -0.921. The van der Waals surface area contributed by atoms with Crippen molar-refractivity contribution in [2.75, 3.05) is 53.4 Å². The summed E-state index contributed by atoms with van der Waals surface area (Å²) in [4.78, 5) is 26.2. The number of carbonyl (C=O) groups is 2. The average molecular weight is 287 g/mol. The van der Waals surface area contributed by atoms with Gasteiger partial charge in [0, 0.05) is 26.2 Å². The molecule has 7 nitrogen and oxygen atoms in total. The molecular weight excluding hydrogens is 262 g/mol. The van der Waals surface area contributed by atoms with Crippen molar-refractivity contribution in [2.45, 2.75) is 18.9 Å². The van der Waals surface area contributed by atoms with E-state index in [-0.39, 0.29) is 25.1 Å². The normalized spacial score (nSPS) is 18.7. The first-order valence-electron chi connectivity index (χ1n) is 6.94. The molecule has 0 bridgehead atoms. The molecule has 1 amide bonds. The highest BCUT2D eigenvalue weighted by molar-refractivity contribution is 5.79. The van der Waals surface area contributed by atoms with Crippen LogP contribution in [0.2, 0.25) is 0 Å². The minimum absolute atomic E-state index is 0.104. The Morgan fingerprint density at radius 3 is 2.60 bits per heavy atom. The van der Waals surface area contributed by atoms with E-state index in [0.29, 0.717) is 19.6 Å². The highest BCUT2D eigenvalue weighted by Gasteiger charge is 2.18. The van der Waals surface area contributed by atoms with Gasteiger partial charge in [0.25, 0.3) is 0 Å². The van der Waals surface area contributed by atoms with E-state index in [2.05, 4.69) is 5.32 Å². The number of hydrogen-bond acceptors (Lipinski definition) is 5. The monoisotopic (exact) mass is 287 g/mol. The zero-order chi connectivity index (χ0) is 15.0. The van der Waals surface area contributed by atoms with Gasteiger partial charge in [-0.1, -0.05) is 0 Å². The zero-order valence-corrected chi connectivity index (χ0v) is 12.3. The zero-order valence-electron chi connectivity index (χ0n) is 12.3. The lowest BCUT2D eigenvalue weighted by molar-refractivity contribution is -0.138. The van der Waals surface area contributed by atoms with Crippen molar-refractivity contribution in [3.63, 3.8) is 0 Å². The number of carboxylic acids is 1. The fraction of sp³-hybridized carbons (Fsp3) is 0.846. The number of likely N-dealkylation sites (N-methyl/N-ethyl adjacent to an activating group) is 1. The van der Waals surface area contributed by atoms with Crippen LogP contribution in [-0.2, 0) is 14.3 Å². The van der Waals surface area contributed by atoms with E-state index in [0.717, 1.165) is 19.4 Å². The molecule has 7 heteroatoms. The van der Waals surface area contributed by atoms with Crippen LogP contribution >= 0.6 is 0 Å². The summed E-state index contributed by atoms with van der Waals surface area (Å²) >= 11 is 0. The predicted molar refractivity (Wildman–Crippen MR) is 74.6 cm³/mol. The van der Waals surface area contributed by atoms with Crippen molar-refractivity contribution in [2.24, 2.45) is 0 Å². The largest absolute Gasteiger partial charge is 0.480 e. The molecule has 1 aliphatic rings. The molecule has 1 heterocycles. The molecule has 1 unspecified atom stereocenters. The van der Waals surface area contributed by atoms with Gasteiger partial charge in [0.15, 0.2) is 0 Å². The van der Waals surface area contributed by atoms with Crippen LogP contribution in [0.1, 0.15) is 12.8 Å². The van der Waals surface area contributed by atoms with Crippen LogP contribution < -0.4 is 5.32 Å². The van der Waals surface area contributed by atoms with Gasteiger partial charge in [-0.2, -0.15) is 0 Å². The number of nitrogens with zero attached hydrogens (tertiary/aromatic N) is 2. The van der Waals surface area contributed by atoms with Gasteiger partial charge >= 0.3 is 5.97 Å².